The minimum absolute atomic E-state index is 0.302. The van der Waals surface area contributed by atoms with Crippen molar-refractivity contribution in [2.45, 2.75) is 44.7 Å². The molecule has 1 aromatic carbocycles. The molecule has 1 aliphatic heterocycles. The standard InChI is InChI=1S/C20H27N3OS/c24-19-8-6-16(7-9-19)20-21-17(15-25-20)14-22-10-12-23(13-11-22)18-4-2-1-3-5-18/h6-9,15,18,24H,1-5,10-14H2. The molecule has 1 N–H and O–H groups in total. The summed E-state index contributed by atoms with van der Waals surface area (Å²) in [4.78, 5) is 10.1. The fourth-order valence-corrected chi connectivity index (χ4v) is 4.90. The van der Waals surface area contributed by atoms with Crippen molar-refractivity contribution in [1.82, 2.24) is 14.8 Å². The van der Waals surface area contributed by atoms with Crippen LogP contribution in [0.15, 0.2) is 29.6 Å². The van der Waals surface area contributed by atoms with E-state index < -0.39 is 0 Å². The first-order valence-electron chi connectivity index (χ1n) is 9.48. The molecule has 2 heterocycles. The Morgan fingerprint density at radius 2 is 1.72 bits per heavy atom. The number of hydrogen-bond donors (Lipinski definition) is 1. The van der Waals surface area contributed by atoms with Crippen LogP contribution in [-0.4, -0.2) is 52.1 Å². The quantitative estimate of drug-likeness (QED) is 0.899. The first kappa shape index (κ1) is 17.0. The molecule has 0 spiro atoms. The van der Waals surface area contributed by atoms with Gasteiger partial charge in [0, 0.05) is 49.7 Å². The van der Waals surface area contributed by atoms with E-state index in [0.717, 1.165) is 36.2 Å². The molecule has 5 heteroatoms. The summed E-state index contributed by atoms with van der Waals surface area (Å²) in [7, 11) is 0. The monoisotopic (exact) mass is 357 g/mol. The van der Waals surface area contributed by atoms with Crippen LogP contribution in [0.2, 0.25) is 0 Å². The lowest BCUT2D eigenvalue weighted by molar-refractivity contribution is 0.0750. The van der Waals surface area contributed by atoms with Gasteiger partial charge in [0.1, 0.15) is 10.8 Å². The van der Waals surface area contributed by atoms with E-state index >= 15 is 0 Å². The number of thiazole rings is 1. The molecule has 4 rings (SSSR count). The Kier molecular flexibility index (Phi) is 5.34. The van der Waals surface area contributed by atoms with Gasteiger partial charge in [-0.2, -0.15) is 0 Å². The molecule has 0 amide bonds. The van der Waals surface area contributed by atoms with E-state index in [2.05, 4.69) is 15.2 Å². The van der Waals surface area contributed by atoms with E-state index in [1.807, 2.05) is 12.1 Å². The average Bonchev–Trinajstić information content (AvgIpc) is 3.12. The van der Waals surface area contributed by atoms with E-state index in [1.165, 1.54) is 50.9 Å². The van der Waals surface area contributed by atoms with Crippen LogP contribution in [0.5, 0.6) is 5.75 Å². The van der Waals surface area contributed by atoms with Crippen molar-refractivity contribution in [2.75, 3.05) is 26.2 Å². The third-order valence-corrected chi connectivity index (χ3v) is 6.49. The molecule has 0 bridgehead atoms. The van der Waals surface area contributed by atoms with Crippen molar-refractivity contribution in [1.29, 1.82) is 0 Å². The molecule has 2 fully saturated rings. The summed E-state index contributed by atoms with van der Waals surface area (Å²) >= 11 is 1.69. The summed E-state index contributed by atoms with van der Waals surface area (Å²) in [6.45, 7) is 5.68. The van der Waals surface area contributed by atoms with Gasteiger partial charge in [0.15, 0.2) is 0 Å². The minimum Gasteiger partial charge on any atom is -0.508 e. The van der Waals surface area contributed by atoms with Crippen molar-refractivity contribution in [3.05, 3.63) is 35.3 Å². The highest BCUT2D eigenvalue weighted by atomic mass is 32.1. The second-order valence-electron chi connectivity index (χ2n) is 7.29. The molecule has 2 aromatic rings. The number of nitrogens with zero attached hydrogens (tertiary/aromatic N) is 3. The molecule has 1 aromatic heterocycles. The van der Waals surface area contributed by atoms with E-state index in [4.69, 9.17) is 4.98 Å². The molecular formula is C20H27N3OS. The van der Waals surface area contributed by atoms with Gasteiger partial charge in [-0.25, -0.2) is 4.98 Å². The Balaban J connectivity index is 1.31. The molecule has 1 aliphatic carbocycles. The fraction of sp³-hybridized carbons (Fsp3) is 0.550. The van der Waals surface area contributed by atoms with Crippen LogP contribution in [0.4, 0.5) is 0 Å². The Hall–Kier alpha value is -1.43. The SMILES string of the molecule is Oc1ccc(-c2nc(CN3CCN(C4CCCCC4)CC3)cs2)cc1. The van der Waals surface area contributed by atoms with Crippen LogP contribution in [0.1, 0.15) is 37.8 Å². The summed E-state index contributed by atoms with van der Waals surface area (Å²) in [5, 5.41) is 12.6. The van der Waals surface area contributed by atoms with Crippen molar-refractivity contribution < 1.29 is 5.11 Å². The zero-order chi connectivity index (χ0) is 17.1. The first-order chi connectivity index (χ1) is 12.3. The van der Waals surface area contributed by atoms with Gasteiger partial charge in [-0.3, -0.25) is 9.80 Å². The number of phenolic OH excluding ortho intramolecular Hbond substituents is 1. The topological polar surface area (TPSA) is 39.6 Å². The van der Waals surface area contributed by atoms with Gasteiger partial charge in [-0.15, -0.1) is 11.3 Å². The van der Waals surface area contributed by atoms with Crippen LogP contribution in [0.25, 0.3) is 10.6 Å². The summed E-state index contributed by atoms with van der Waals surface area (Å²) < 4.78 is 0. The Morgan fingerprint density at radius 3 is 2.44 bits per heavy atom. The second kappa shape index (κ2) is 7.85. The number of hydrogen-bond acceptors (Lipinski definition) is 5. The molecule has 0 radical (unpaired) electrons. The Bertz CT molecular complexity index is 671. The lowest BCUT2D eigenvalue weighted by Gasteiger charge is -2.40. The van der Waals surface area contributed by atoms with Crippen LogP contribution >= 0.6 is 11.3 Å². The van der Waals surface area contributed by atoms with E-state index in [1.54, 1.807) is 23.5 Å². The number of piperazine rings is 1. The van der Waals surface area contributed by atoms with Gasteiger partial charge in [0.05, 0.1) is 5.69 Å². The van der Waals surface area contributed by atoms with Gasteiger partial charge >= 0.3 is 0 Å². The van der Waals surface area contributed by atoms with Crippen LogP contribution in [0.3, 0.4) is 0 Å². The largest absolute Gasteiger partial charge is 0.508 e. The normalized spacial score (nSPS) is 20.8. The third-order valence-electron chi connectivity index (χ3n) is 5.55. The van der Waals surface area contributed by atoms with E-state index in [9.17, 15) is 5.11 Å². The maximum Gasteiger partial charge on any atom is 0.123 e. The molecule has 0 atom stereocenters. The van der Waals surface area contributed by atoms with Crippen LogP contribution < -0.4 is 0 Å². The van der Waals surface area contributed by atoms with Crippen molar-refractivity contribution in [2.24, 2.45) is 0 Å². The predicted molar refractivity (Wildman–Crippen MR) is 103 cm³/mol. The highest BCUT2D eigenvalue weighted by molar-refractivity contribution is 7.13. The molecule has 4 nitrogen and oxygen atoms in total. The third kappa shape index (κ3) is 4.22. The molecular weight excluding hydrogens is 330 g/mol. The number of rotatable bonds is 4. The van der Waals surface area contributed by atoms with E-state index in [-0.39, 0.29) is 0 Å². The number of benzene rings is 1. The summed E-state index contributed by atoms with van der Waals surface area (Å²) in [6.07, 6.45) is 7.08. The van der Waals surface area contributed by atoms with E-state index in [0.29, 0.717) is 5.75 Å². The molecule has 0 unspecified atom stereocenters. The number of aromatic hydroxyl groups is 1. The lowest BCUT2D eigenvalue weighted by atomic mass is 9.94. The predicted octanol–water partition coefficient (Wildman–Crippen LogP) is 3.97. The Labute approximate surface area is 154 Å². The number of aromatic nitrogens is 1. The maximum absolute atomic E-state index is 9.41. The highest BCUT2D eigenvalue weighted by Gasteiger charge is 2.25. The zero-order valence-electron chi connectivity index (χ0n) is 14.7. The van der Waals surface area contributed by atoms with Gasteiger partial charge in [0.2, 0.25) is 0 Å². The summed E-state index contributed by atoms with van der Waals surface area (Å²) in [5.41, 5.74) is 2.25. The Morgan fingerprint density at radius 1 is 1.00 bits per heavy atom. The molecule has 1 saturated heterocycles. The second-order valence-corrected chi connectivity index (χ2v) is 8.15. The highest BCUT2D eigenvalue weighted by Crippen LogP contribution is 2.27. The minimum atomic E-state index is 0.302. The van der Waals surface area contributed by atoms with Crippen molar-refractivity contribution in [3.8, 4) is 16.3 Å². The molecule has 134 valence electrons. The smallest absolute Gasteiger partial charge is 0.123 e. The van der Waals surface area contributed by atoms with Gasteiger partial charge in [0.25, 0.3) is 0 Å². The lowest BCUT2D eigenvalue weighted by Crippen LogP contribution is -2.50. The maximum atomic E-state index is 9.41. The fourth-order valence-electron chi connectivity index (χ4n) is 4.08. The average molecular weight is 358 g/mol. The van der Waals surface area contributed by atoms with Crippen molar-refractivity contribution in [3.63, 3.8) is 0 Å². The van der Waals surface area contributed by atoms with Gasteiger partial charge < -0.3 is 5.11 Å². The van der Waals surface area contributed by atoms with Crippen molar-refractivity contribution >= 4 is 11.3 Å². The summed E-state index contributed by atoms with van der Waals surface area (Å²) in [5.74, 6) is 0.302. The van der Waals surface area contributed by atoms with Crippen LogP contribution in [0, 0.1) is 0 Å². The van der Waals surface area contributed by atoms with Crippen LogP contribution in [-0.2, 0) is 6.54 Å². The zero-order valence-corrected chi connectivity index (χ0v) is 15.5. The summed E-state index contributed by atoms with van der Waals surface area (Å²) in [6, 6.07) is 8.15. The number of phenols is 1. The molecule has 1 saturated carbocycles. The van der Waals surface area contributed by atoms with Gasteiger partial charge in [-0.05, 0) is 37.1 Å². The molecule has 25 heavy (non-hydrogen) atoms. The first-order valence-corrected chi connectivity index (χ1v) is 10.4. The van der Waals surface area contributed by atoms with Gasteiger partial charge in [-0.1, -0.05) is 19.3 Å². The molecule has 2 aliphatic rings.